The van der Waals surface area contributed by atoms with Crippen LogP contribution in [0.1, 0.15) is 12.8 Å². The summed E-state index contributed by atoms with van der Waals surface area (Å²) in [6.45, 7) is 0. The Bertz CT molecular complexity index is 141. The zero-order valence-corrected chi connectivity index (χ0v) is 4.50. The highest BCUT2D eigenvalue weighted by atomic mass is 16.1. The maximum atomic E-state index is 9.46. The number of allylic oxidation sites excluding steroid dienone is 1. The van der Waals surface area contributed by atoms with Gasteiger partial charge in [-0.2, -0.15) is 4.99 Å². The van der Waals surface area contributed by atoms with E-state index in [0.29, 0.717) is 5.92 Å². The molecule has 0 aliphatic heterocycles. The Morgan fingerprint density at radius 3 is 2.88 bits per heavy atom. The number of aliphatic imine (C=N–C) groups is 1. The summed E-state index contributed by atoms with van der Waals surface area (Å²) in [5.41, 5.74) is 0. The van der Waals surface area contributed by atoms with Gasteiger partial charge in [0.15, 0.2) is 0 Å². The van der Waals surface area contributed by atoms with E-state index >= 15 is 0 Å². The largest absolute Gasteiger partial charge is 0.239 e. The molecule has 0 saturated heterocycles. The minimum absolute atomic E-state index is 0.701. The maximum Gasteiger partial charge on any atom is 0.239 e. The summed E-state index contributed by atoms with van der Waals surface area (Å²) < 4.78 is 0. The SMILES string of the molecule is O=C=N/C=C/C1CC1. The summed E-state index contributed by atoms with van der Waals surface area (Å²) in [6.07, 6.45) is 7.40. The van der Waals surface area contributed by atoms with Crippen LogP contribution in [0.2, 0.25) is 0 Å². The van der Waals surface area contributed by atoms with Gasteiger partial charge in [0.1, 0.15) is 0 Å². The fourth-order valence-corrected chi connectivity index (χ4v) is 0.484. The summed E-state index contributed by atoms with van der Waals surface area (Å²) in [6, 6.07) is 0. The van der Waals surface area contributed by atoms with Crippen LogP contribution in [0.25, 0.3) is 0 Å². The minimum Gasteiger partial charge on any atom is -0.211 e. The molecule has 0 bridgehead atoms. The molecule has 2 heteroatoms. The molecule has 0 aromatic heterocycles. The van der Waals surface area contributed by atoms with Crippen LogP contribution in [0.15, 0.2) is 17.3 Å². The van der Waals surface area contributed by atoms with Gasteiger partial charge in [0.2, 0.25) is 6.08 Å². The highest BCUT2D eigenvalue weighted by Gasteiger charge is 2.16. The predicted octanol–water partition coefficient (Wildman–Crippen LogP) is 1.25. The van der Waals surface area contributed by atoms with E-state index in [-0.39, 0.29) is 0 Å². The second kappa shape index (κ2) is 2.43. The van der Waals surface area contributed by atoms with Gasteiger partial charge in [-0.15, -0.1) is 0 Å². The van der Waals surface area contributed by atoms with Gasteiger partial charge < -0.3 is 0 Å². The van der Waals surface area contributed by atoms with E-state index in [1.807, 2.05) is 6.08 Å². The van der Waals surface area contributed by atoms with Crippen LogP contribution in [0.5, 0.6) is 0 Å². The molecule has 42 valence electrons. The van der Waals surface area contributed by atoms with Gasteiger partial charge in [-0.05, 0) is 18.8 Å². The number of nitrogens with zero attached hydrogens (tertiary/aromatic N) is 1. The van der Waals surface area contributed by atoms with Gasteiger partial charge in [-0.3, -0.25) is 0 Å². The van der Waals surface area contributed by atoms with Gasteiger partial charge in [0.25, 0.3) is 0 Å². The maximum absolute atomic E-state index is 9.46. The molecule has 0 atom stereocenters. The van der Waals surface area contributed by atoms with Gasteiger partial charge in [-0.25, -0.2) is 4.79 Å². The lowest BCUT2D eigenvalue weighted by atomic mass is 10.4. The molecule has 0 aromatic carbocycles. The Balaban J connectivity index is 2.23. The number of carbonyl (C=O) groups excluding carboxylic acids is 1. The molecule has 0 aromatic rings. The second-order valence-corrected chi connectivity index (χ2v) is 1.90. The van der Waals surface area contributed by atoms with Crippen molar-refractivity contribution in [1.82, 2.24) is 0 Å². The quantitative estimate of drug-likeness (QED) is 0.387. The zero-order chi connectivity index (χ0) is 5.82. The van der Waals surface area contributed by atoms with Crippen LogP contribution >= 0.6 is 0 Å². The normalized spacial score (nSPS) is 18.5. The number of hydrogen-bond acceptors (Lipinski definition) is 2. The van der Waals surface area contributed by atoms with Crippen LogP contribution in [0.3, 0.4) is 0 Å². The molecular formula is C6H7NO. The summed E-state index contributed by atoms with van der Waals surface area (Å²) in [5, 5.41) is 0. The van der Waals surface area contributed by atoms with Crippen molar-refractivity contribution in [2.24, 2.45) is 10.9 Å². The van der Waals surface area contributed by atoms with E-state index in [4.69, 9.17) is 0 Å². The van der Waals surface area contributed by atoms with Crippen LogP contribution in [0.4, 0.5) is 0 Å². The van der Waals surface area contributed by atoms with Crippen LogP contribution in [0, 0.1) is 5.92 Å². The molecule has 8 heavy (non-hydrogen) atoms. The molecule has 2 nitrogen and oxygen atoms in total. The first-order valence-corrected chi connectivity index (χ1v) is 2.67. The summed E-state index contributed by atoms with van der Waals surface area (Å²) in [7, 11) is 0. The summed E-state index contributed by atoms with van der Waals surface area (Å²) >= 11 is 0. The lowest BCUT2D eigenvalue weighted by Gasteiger charge is -1.70. The fourth-order valence-electron chi connectivity index (χ4n) is 0.484. The predicted molar refractivity (Wildman–Crippen MR) is 30.0 cm³/mol. The molecule has 0 radical (unpaired) electrons. The molecule has 1 fully saturated rings. The summed E-state index contributed by atoms with van der Waals surface area (Å²) in [5.74, 6) is 0.701. The second-order valence-electron chi connectivity index (χ2n) is 1.90. The minimum atomic E-state index is 0.701. The summed E-state index contributed by atoms with van der Waals surface area (Å²) in [4.78, 5) is 12.7. The molecule has 0 N–H and O–H groups in total. The third-order valence-electron chi connectivity index (χ3n) is 1.11. The molecule has 1 aliphatic carbocycles. The average molecular weight is 109 g/mol. The Morgan fingerprint density at radius 1 is 1.62 bits per heavy atom. The first-order valence-electron chi connectivity index (χ1n) is 2.67. The standard InChI is InChI=1S/C6H7NO/c8-5-7-4-3-6-1-2-6/h3-4,6H,1-2H2/b4-3+. The number of isocyanates is 1. The van der Waals surface area contributed by atoms with E-state index in [9.17, 15) is 4.79 Å². The molecule has 1 saturated carbocycles. The zero-order valence-electron chi connectivity index (χ0n) is 4.50. The van der Waals surface area contributed by atoms with Gasteiger partial charge in [0.05, 0.1) is 0 Å². The van der Waals surface area contributed by atoms with E-state index in [1.54, 1.807) is 0 Å². The van der Waals surface area contributed by atoms with Crippen LogP contribution < -0.4 is 0 Å². The number of rotatable bonds is 2. The highest BCUT2D eigenvalue weighted by Crippen LogP contribution is 2.29. The van der Waals surface area contributed by atoms with Crippen molar-refractivity contribution in [3.8, 4) is 0 Å². The molecule has 1 rings (SSSR count). The Morgan fingerprint density at radius 2 is 2.38 bits per heavy atom. The Kier molecular flexibility index (Phi) is 1.60. The van der Waals surface area contributed by atoms with E-state index in [1.165, 1.54) is 25.1 Å². The first kappa shape index (κ1) is 5.26. The lowest BCUT2D eigenvalue weighted by Crippen LogP contribution is -1.58. The van der Waals surface area contributed by atoms with Crippen molar-refractivity contribution in [2.45, 2.75) is 12.8 Å². The third kappa shape index (κ3) is 1.71. The number of hydrogen-bond donors (Lipinski definition) is 0. The third-order valence-corrected chi connectivity index (χ3v) is 1.11. The first-order chi connectivity index (χ1) is 3.93. The Labute approximate surface area is 47.9 Å². The topological polar surface area (TPSA) is 29.4 Å². The fraction of sp³-hybridized carbons (Fsp3) is 0.500. The van der Waals surface area contributed by atoms with E-state index < -0.39 is 0 Å². The Hall–Kier alpha value is -0.880. The van der Waals surface area contributed by atoms with E-state index in [0.717, 1.165) is 0 Å². The molecule has 0 spiro atoms. The van der Waals surface area contributed by atoms with Crippen molar-refractivity contribution in [3.05, 3.63) is 12.3 Å². The van der Waals surface area contributed by atoms with Gasteiger partial charge in [-0.1, -0.05) is 6.08 Å². The van der Waals surface area contributed by atoms with Crippen LogP contribution in [-0.2, 0) is 4.79 Å². The highest BCUT2D eigenvalue weighted by molar-refractivity contribution is 5.34. The van der Waals surface area contributed by atoms with Crippen molar-refractivity contribution in [1.29, 1.82) is 0 Å². The molecule has 0 unspecified atom stereocenters. The van der Waals surface area contributed by atoms with Gasteiger partial charge >= 0.3 is 0 Å². The van der Waals surface area contributed by atoms with Crippen molar-refractivity contribution < 1.29 is 4.79 Å². The molecule has 1 aliphatic rings. The van der Waals surface area contributed by atoms with Crippen molar-refractivity contribution in [3.63, 3.8) is 0 Å². The van der Waals surface area contributed by atoms with Crippen molar-refractivity contribution >= 4 is 6.08 Å². The lowest BCUT2D eigenvalue weighted by molar-refractivity contribution is 0.565. The van der Waals surface area contributed by atoms with Crippen molar-refractivity contribution in [2.75, 3.05) is 0 Å². The molecule has 0 heterocycles. The molecular weight excluding hydrogens is 102 g/mol. The van der Waals surface area contributed by atoms with Gasteiger partial charge in [0, 0.05) is 6.20 Å². The smallest absolute Gasteiger partial charge is 0.211 e. The average Bonchev–Trinajstić information content (AvgIpc) is 2.51. The monoisotopic (exact) mass is 109 g/mol. The molecule has 0 amide bonds. The van der Waals surface area contributed by atoms with Crippen LogP contribution in [-0.4, -0.2) is 6.08 Å². The van der Waals surface area contributed by atoms with E-state index in [2.05, 4.69) is 4.99 Å².